The molecule has 1 N–H and O–H groups in total. The summed E-state index contributed by atoms with van der Waals surface area (Å²) in [5.74, 6) is 0.400. The highest BCUT2D eigenvalue weighted by Crippen LogP contribution is 2.27. The van der Waals surface area contributed by atoms with Crippen molar-refractivity contribution in [3.63, 3.8) is 0 Å². The van der Waals surface area contributed by atoms with E-state index in [4.69, 9.17) is 0 Å². The van der Waals surface area contributed by atoms with Gasteiger partial charge >= 0.3 is 0 Å². The predicted molar refractivity (Wildman–Crippen MR) is 131 cm³/mol. The minimum Gasteiger partial charge on any atom is -0.276 e. The summed E-state index contributed by atoms with van der Waals surface area (Å²) >= 11 is 0. The molecule has 0 saturated carbocycles. The zero-order valence-electron chi connectivity index (χ0n) is 19.0. The summed E-state index contributed by atoms with van der Waals surface area (Å²) in [7, 11) is -3.71. The van der Waals surface area contributed by atoms with E-state index in [1.165, 1.54) is 10.8 Å². The van der Waals surface area contributed by atoms with Gasteiger partial charge in [-0.3, -0.25) is 9.40 Å². The fourth-order valence-electron chi connectivity index (χ4n) is 3.99. The first-order valence-electron chi connectivity index (χ1n) is 10.9. The van der Waals surface area contributed by atoms with Crippen molar-refractivity contribution in [3.8, 4) is 0 Å². The number of nitrogens with one attached hydrogen (secondary N) is 1. The Bertz CT molecular complexity index is 1350. The van der Waals surface area contributed by atoms with Gasteiger partial charge in [-0.15, -0.1) is 0 Å². The second-order valence-corrected chi connectivity index (χ2v) is 10.0. The van der Waals surface area contributed by atoms with E-state index < -0.39 is 10.0 Å². The van der Waals surface area contributed by atoms with Crippen LogP contribution in [0.1, 0.15) is 48.7 Å². The van der Waals surface area contributed by atoms with Crippen LogP contribution in [0.2, 0.25) is 0 Å². The third kappa shape index (κ3) is 4.28. The van der Waals surface area contributed by atoms with E-state index in [1.807, 2.05) is 48.9 Å². The highest BCUT2D eigenvalue weighted by molar-refractivity contribution is 7.92. The molecule has 0 bridgehead atoms. The molecular formula is C26H29N3O2S. The van der Waals surface area contributed by atoms with Gasteiger partial charge in [0.2, 0.25) is 0 Å². The van der Waals surface area contributed by atoms with Gasteiger partial charge in [-0.05, 0) is 60.2 Å². The molecule has 1 atom stereocenters. The number of nitrogens with zero attached hydrogens (tertiary/aromatic N) is 2. The Morgan fingerprint density at radius 3 is 2.38 bits per heavy atom. The van der Waals surface area contributed by atoms with Crippen molar-refractivity contribution in [2.75, 3.05) is 4.72 Å². The maximum Gasteiger partial charge on any atom is 0.262 e. The number of rotatable bonds is 7. The van der Waals surface area contributed by atoms with Crippen LogP contribution < -0.4 is 4.72 Å². The Labute approximate surface area is 190 Å². The summed E-state index contributed by atoms with van der Waals surface area (Å²) in [6.45, 7) is 8.56. The molecular weight excluding hydrogens is 418 g/mol. The normalized spacial score (nSPS) is 12.8. The second-order valence-electron chi connectivity index (χ2n) is 8.33. The molecule has 0 aliphatic carbocycles. The zero-order chi connectivity index (χ0) is 22.9. The minimum absolute atomic E-state index is 0.255. The van der Waals surface area contributed by atoms with Crippen LogP contribution in [-0.4, -0.2) is 18.2 Å². The van der Waals surface area contributed by atoms with Gasteiger partial charge in [0.25, 0.3) is 10.0 Å². The molecule has 0 amide bonds. The first kappa shape index (κ1) is 22.1. The van der Waals surface area contributed by atoms with Gasteiger partial charge < -0.3 is 0 Å². The summed E-state index contributed by atoms with van der Waals surface area (Å²) in [5, 5.41) is 6.97. The van der Waals surface area contributed by atoms with E-state index in [9.17, 15) is 8.42 Å². The van der Waals surface area contributed by atoms with Crippen molar-refractivity contribution in [2.24, 2.45) is 0 Å². The van der Waals surface area contributed by atoms with Gasteiger partial charge in [0.15, 0.2) is 0 Å². The molecule has 0 fully saturated rings. The molecule has 1 heterocycles. The maximum absolute atomic E-state index is 13.1. The topological polar surface area (TPSA) is 64.0 Å². The average molecular weight is 448 g/mol. The molecule has 1 aromatic heterocycles. The number of fused-ring (bicyclic) bond motifs is 1. The maximum atomic E-state index is 13.1. The van der Waals surface area contributed by atoms with Gasteiger partial charge in [-0.1, -0.05) is 68.4 Å². The molecule has 0 spiro atoms. The average Bonchev–Trinajstić information content (AvgIpc) is 3.06. The van der Waals surface area contributed by atoms with E-state index in [2.05, 4.69) is 47.9 Å². The quantitative estimate of drug-likeness (QED) is 0.377. The summed E-state index contributed by atoms with van der Waals surface area (Å²) in [6, 6.07) is 21.6. The Morgan fingerprint density at radius 2 is 1.66 bits per heavy atom. The number of aromatic nitrogens is 2. The molecule has 166 valence electrons. The van der Waals surface area contributed by atoms with Crippen molar-refractivity contribution in [2.45, 2.75) is 51.5 Å². The largest absolute Gasteiger partial charge is 0.276 e. The number of sulfonamides is 1. The summed E-state index contributed by atoms with van der Waals surface area (Å²) in [5.41, 5.74) is 4.26. The van der Waals surface area contributed by atoms with Crippen molar-refractivity contribution in [3.05, 3.63) is 89.2 Å². The van der Waals surface area contributed by atoms with E-state index in [1.54, 1.807) is 12.1 Å². The van der Waals surface area contributed by atoms with Crippen LogP contribution in [0.3, 0.4) is 0 Å². The third-order valence-corrected chi connectivity index (χ3v) is 7.56. The first-order chi connectivity index (χ1) is 15.3. The highest BCUT2D eigenvalue weighted by atomic mass is 32.2. The standard InChI is InChI=1S/C26H29N3O2S/c1-5-18(2)21-13-15-24(16-14-21)32(30,31)28-26-19(3)27-29(20(26)4)17-23-11-8-10-22-9-6-7-12-25(22)23/h6-16,18,28H,5,17H2,1-4H3. The predicted octanol–water partition coefficient (Wildman–Crippen LogP) is 6.02. The lowest BCUT2D eigenvalue weighted by Crippen LogP contribution is -2.14. The van der Waals surface area contributed by atoms with Gasteiger partial charge in [-0.25, -0.2) is 8.42 Å². The molecule has 0 aliphatic rings. The smallest absolute Gasteiger partial charge is 0.262 e. The van der Waals surface area contributed by atoms with Crippen LogP contribution in [0, 0.1) is 13.8 Å². The molecule has 0 radical (unpaired) electrons. The van der Waals surface area contributed by atoms with Crippen LogP contribution >= 0.6 is 0 Å². The minimum atomic E-state index is -3.71. The van der Waals surface area contributed by atoms with E-state index in [0.29, 0.717) is 23.8 Å². The Hall–Kier alpha value is -3.12. The van der Waals surface area contributed by atoms with Crippen LogP contribution in [0.15, 0.2) is 71.6 Å². The lowest BCUT2D eigenvalue weighted by molar-refractivity contribution is 0.601. The van der Waals surface area contributed by atoms with Crippen LogP contribution in [0.25, 0.3) is 10.8 Å². The third-order valence-electron chi connectivity index (χ3n) is 6.19. The molecule has 5 nitrogen and oxygen atoms in total. The lowest BCUT2D eigenvalue weighted by atomic mass is 9.99. The SMILES string of the molecule is CCC(C)c1ccc(S(=O)(=O)Nc2c(C)nn(Cc3cccc4ccccc34)c2C)cc1. The van der Waals surface area contributed by atoms with E-state index >= 15 is 0 Å². The van der Waals surface area contributed by atoms with E-state index in [-0.39, 0.29) is 4.90 Å². The second kappa shape index (κ2) is 8.79. The fraction of sp³-hybridized carbons (Fsp3) is 0.269. The molecule has 32 heavy (non-hydrogen) atoms. The van der Waals surface area contributed by atoms with Crippen LogP contribution in [0.4, 0.5) is 5.69 Å². The molecule has 6 heteroatoms. The van der Waals surface area contributed by atoms with Crippen LogP contribution in [-0.2, 0) is 16.6 Å². The summed E-state index contributed by atoms with van der Waals surface area (Å²) in [6.07, 6.45) is 1.01. The number of benzene rings is 3. The van der Waals surface area contributed by atoms with Crippen LogP contribution in [0.5, 0.6) is 0 Å². The van der Waals surface area contributed by atoms with Gasteiger partial charge in [0, 0.05) is 0 Å². The number of aryl methyl sites for hydroxylation is 1. The number of hydrogen-bond acceptors (Lipinski definition) is 3. The number of hydrogen-bond donors (Lipinski definition) is 1. The Kier molecular flexibility index (Phi) is 6.07. The van der Waals surface area contributed by atoms with Gasteiger partial charge in [-0.2, -0.15) is 5.10 Å². The van der Waals surface area contributed by atoms with Crippen molar-refractivity contribution in [1.29, 1.82) is 0 Å². The monoisotopic (exact) mass is 447 g/mol. The summed E-state index contributed by atoms with van der Waals surface area (Å²) in [4.78, 5) is 0.255. The first-order valence-corrected chi connectivity index (χ1v) is 12.4. The molecule has 3 aromatic carbocycles. The molecule has 0 saturated heterocycles. The van der Waals surface area contributed by atoms with Crippen molar-refractivity contribution < 1.29 is 8.42 Å². The summed E-state index contributed by atoms with van der Waals surface area (Å²) < 4.78 is 30.7. The van der Waals surface area contributed by atoms with Gasteiger partial charge in [0.1, 0.15) is 0 Å². The van der Waals surface area contributed by atoms with Gasteiger partial charge in [0.05, 0.1) is 28.5 Å². The highest BCUT2D eigenvalue weighted by Gasteiger charge is 2.20. The molecule has 0 aliphatic heterocycles. The molecule has 1 unspecified atom stereocenters. The van der Waals surface area contributed by atoms with Crippen molar-refractivity contribution >= 4 is 26.5 Å². The number of anilines is 1. The van der Waals surface area contributed by atoms with Crippen molar-refractivity contribution in [1.82, 2.24) is 9.78 Å². The lowest BCUT2D eigenvalue weighted by Gasteiger charge is -2.12. The fourth-order valence-corrected chi connectivity index (χ4v) is 5.17. The van der Waals surface area contributed by atoms with E-state index in [0.717, 1.165) is 23.2 Å². The zero-order valence-corrected chi connectivity index (χ0v) is 19.8. The Balaban J connectivity index is 1.61. The molecule has 4 rings (SSSR count). The Morgan fingerprint density at radius 1 is 0.969 bits per heavy atom. The molecule has 4 aromatic rings.